The van der Waals surface area contributed by atoms with Crippen molar-refractivity contribution in [3.8, 4) is 11.3 Å². The Bertz CT molecular complexity index is 925. The van der Waals surface area contributed by atoms with E-state index < -0.39 is 0 Å². The molecule has 0 fully saturated rings. The molecule has 3 aromatic rings. The molecule has 27 heavy (non-hydrogen) atoms. The summed E-state index contributed by atoms with van der Waals surface area (Å²) in [7, 11) is 0. The standard InChI is InChI=1S/C23H29N3O/c1-5-7-8-18(6-2)23(27)25-22-21(19-12-9-16(3)10-13-19)24-20-14-11-17(4)15-26(20)22/h9-15,18H,5-8H2,1-4H3,(H,25,27). The molecule has 0 bridgehead atoms. The first-order valence-corrected chi connectivity index (χ1v) is 9.90. The third-order valence-corrected chi connectivity index (χ3v) is 5.10. The highest BCUT2D eigenvalue weighted by Gasteiger charge is 2.21. The lowest BCUT2D eigenvalue weighted by Crippen LogP contribution is -2.23. The fraction of sp³-hybridized carbons (Fsp3) is 0.391. The molecule has 142 valence electrons. The number of anilines is 1. The molecule has 0 saturated carbocycles. The molecule has 1 atom stereocenters. The van der Waals surface area contributed by atoms with Crippen molar-refractivity contribution in [2.75, 3.05) is 5.32 Å². The second-order valence-electron chi connectivity index (χ2n) is 7.35. The molecule has 0 aliphatic rings. The Morgan fingerprint density at radius 2 is 1.78 bits per heavy atom. The van der Waals surface area contributed by atoms with Crippen molar-refractivity contribution in [1.82, 2.24) is 9.38 Å². The first kappa shape index (κ1) is 19.2. The van der Waals surface area contributed by atoms with Crippen molar-refractivity contribution < 1.29 is 4.79 Å². The molecule has 4 heteroatoms. The van der Waals surface area contributed by atoms with Gasteiger partial charge in [-0.05, 0) is 38.3 Å². The number of fused-ring (bicyclic) bond motifs is 1. The van der Waals surface area contributed by atoms with E-state index in [4.69, 9.17) is 4.98 Å². The molecule has 0 spiro atoms. The van der Waals surface area contributed by atoms with E-state index in [-0.39, 0.29) is 11.8 Å². The van der Waals surface area contributed by atoms with Crippen LogP contribution in [0.1, 0.15) is 50.7 Å². The van der Waals surface area contributed by atoms with Crippen molar-refractivity contribution in [1.29, 1.82) is 0 Å². The third-order valence-electron chi connectivity index (χ3n) is 5.10. The number of hydrogen-bond acceptors (Lipinski definition) is 2. The number of rotatable bonds is 7. The van der Waals surface area contributed by atoms with Gasteiger partial charge in [0, 0.05) is 17.7 Å². The summed E-state index contributed by atoms with van der Waals surface area (Å²) >= 11 is 0. The Morgan fingerprint density at radius 3 is 2.44 bits per heavy atom. The predicted octanol–water partition coefficient (Wildman–Crippen LogP) is 5.77. The second-order valence-corrected chi connectivity index (χ2v) is 7.35. The van der Waals surface area contributed by atoms with E-state index in [0.717, 1.165) is 54.0 Å². The van der Waals surface area contributed by atoms with Crippen molar-refractivity contribution in [2.45, 2.75) is 53.4 Å². The van der Waals surface area contributed by atoms with Gasteiger partial charge < -0.3 is 5.32 Å². The Kier molecular flexibility index (Phi) is 5.94. The van der Waals surface area contributed by atoms with Gasteiger partial charge in [-0.25, -0.2) is 4.98 Å². The quantitative estimate of drug-likeness (QED) is 0.579. The Balaban J connectivity index is 2.03. The maximum atomic E-state index is 13.0. The second kappa shape index (κ2) is 8.38. The average molecular weight is 364 g/mol. The molecular weight excluding hydrogens is 334 g/mol. The molecule has 1 aromatic carbocycles. The summed E-state index contributed by atoms with van der Waals surface area (Å²) < 4.78 is 2.00. The summed E-state index contributed by atoms with van der Waals surface area (Å²) in [6.45, 7) is 8.36. The number of nitrogens with one attached hydrogen (secondary N) is 1. The van der Waals surface area contributed by atoms with E-state index in [1.165, 1.54) is 5.56 Å². The number of carbonyl (C=O) groups excluding carboxylic acids is 1. The van der Waals surface area contributed by atoms with E-state index in [9.17, 15) is 4.79 Å². The molecule has 1 unspecified atom stereocenters. The van der Waals surface area contributed by atoms with Gasteiger partial charge in [-0.3, -0.25) is 9.20 Å². The van der Waals surface area contributed by atoms with Gasteiger partial charge in [-0.15, -0.1) is 0 Å². The van der Waals surface area contributed by atoms with Crippen LogP contribution in [-0.2, 0) is 4.79 Å². The first-order chi connectivity index (χ1) is 13.0. The number of benzene rings is 1. The Hall–Kier alpha value is -2.62. The van der Waals surface area contributed by atoms with Crippen LogP contribution in [0.4, 0.5) is 5.82 Å². The van der Waals surface area contributed by atoms with Gasteiger partial charge in [0.05, 0.1) is 0 Å². The number of carbonyl (C=O) groups is 1. The molecule has 2 aromatic heterocycles. The molecule has 3 rings (SSSR count). The van der Waals surface area contributed by atoms with E-state index in [2.05, 4.69) is 50.4 Å². The molecule has 4 nitrogen and oxygen atoms in total. The van der Waals surface area contributed by atoms with Gasteiger partial charge in [0.1, 0.15) is 17.2 Å². The number of pyridine rings is 1. The minimum absolute atomic E-state index is 0.0335. The van der Waals surface area contributed by atoms with E-state index >= 15 is 0 Å². The molecule has 2 heterocycles. The third kappa shape index (κ3) is 4.21. The van der Waals surface area contributed by atoms with Gasteiger partial charge in [0.25, 0.3) is 0 Å². The lowest BCUT2D eigenvalue weighted by molar-refractivity contribution is -0.120. The molecule has 0 radical (unpaired) electrons. The molecule has 0 aliphatic carbocycles. The highest BCUT2D eigenvalue weighted by atomic mass is 16.2. The predicted molar refractivity (Wildman–Crippen MR) is 112 cm³/mol. The molecule has 1 amide bonds. The number of aryl methyl sites for hydroxylation is 2. The molecular formula is C23H29N3O. The highest BCUT2D eigenvalue weighted by molar-refractivity contribution is 5.96. The molecule has 0 saturated heterocycles. The molecule has 1 N–H and O–H groups in total. The van der Waals surface area contributed by atoms with Gasteiger partial charge in [-0.2, -0.15) is 0 Å². The summed E-state index contributed by atoms with van der Waals surface area (Å²) in [6, 6.07) is 12.3. The van der Waals surface area contributed by atoms with Gasteiger partial charge in [-0.1, -0.05) is 62.6 Å². The summed E-state index contributed by atoms with van der Waals surface area (Å²) in [5.41, 5.74) is 5.00. The monoisotopic (exact) mass is 363 g/mol. The zero-order valence-corrected chi connectivity index (χ0v) is 16.7. The number of unbranched alkanes of at least 4 members (excludes halogenated alkanes) is 1. The summed E-state index contributed by atoms with van der Waals surface area (Å²) in [4.78, 5) is 17.8. The number of imidazole rings is 1. The first-order valence-electron chi connectivity index (χ1n) is 9.90. The van der Waals surface area contributed by atoms with Crippen LogP contribution in [0.2, 0.25) is 0 Å². The average Bonchev–Trinajstić information content (AvgIpc) is 3.00. The SMILES string of the molecule is CCCCC(CC)C(=O)Nc1c(-c2ccc(C)cc2)nc2ccc(C)cn12. The Morgan fingerprint density at radius 1 is 1.07 bits per heavy atom. The maximum Gasteiger partial charge on any atom is 0.228 e. The summed E-state index contributed by atoms with van der Waals surface area (Å²) in [5, 5.41) is 3.20. The number of amides is 1. The van der Waals surface area contributed by atoms with Gasteiger partial charge in [0.2, 0.25) is 5.91 Å². The van der Waals surface area contributed by atoms with Crippen molar-refractivity contribution >= 4 is 17.4 Å². The van der Waals surface area contributed by atoms with Crippen LogP contribution in [0.3, 0.4) is 0 Å². The van der Waals surface area contributed by atoms with Crippen LogP contribution in [-0.4, -0.2) is 15.3 Å². The van der Waals surface area contributed by atoms with E-state index in [1.807, 2.05) is 29.7 Å². The summed E-state index contributed by atoms with van der Waals surface area (Å²) in [6.07, 6.45) is 5.98. The van der Waals surface area contributed by atoms with Gasteiger partial charge >= 0.3 is 0 Å². The maximum absolute atomic E-state index is 13.0. The molecule has 0 aliphatic heterocycles. The largest absolute Gasteiger partial charge is 0.310 e. The van der Waals surface area contributed by atoms with Gasteiger partial charge in [0.15, 0.2) is 0 Å². The Labute approximate surface area is 161 Å². The topological polar surface area (TPSA) is 46.4 Å². The smallest absolute Gasteiger partial charge is 0.228 e. The zero-order valence-electron chi connectivity index (χ0n) is 16.7. The minimum Gasteiger partial charge on any atom is -0.310 e. The highest BCUT2D eigenvalue weighted by Crippen LogP contribution is 2.30. The van der Waals surface area contributed by atoms with Crippen LogP contribution < -0.4 is 5.32 Å². The van der Waals surface area contributed by atoms with Crippen LogP contribution in [0.15, 0.2) is 42.6 Å². The van der Waals surface area contributed by atoms with Crippen LogP contribution in [0.5, 0.6) is 0 Å². The zero-order chi connectivity index (χ0) is 19.4. The van der Waals surface area contributed by atoms with Crippen LogP contribution >= 0.6 is 0 Å². The van der Waals surface area contributed by atoms with Crippen molar-refractivity contribution in [2.24, 2.45) is 5.92 Å². The van der Waals surface area contributed by atoms with E-state index in [1.54, 1.807) is 0 Å². The lowest BCUT2D eigenvalue weighted by Gasteiger charge is -2.15. The fourth-order valence-electron chi connectivity index (χ4n) is 3.37. The normalized spacial score (nSPS) is 12.3. The number of aromatic nitrogens is 2. The number of hydrogen-bond donors (Lipinski definition) is 1. The summed E-state index contributed by atoms with van der Waals surface area (Å²) in [5.74, 6) is 0.881. The fourth-order valence-corrected chi connectivity index (χ4v) is 3.37. The lowest BCUT2D eigenvalue weighted by atomic mass is 9.98. The van der Waals surface area contributed by atoms with Crippen molar-refractivity contribution in [3.05, 3.63) is 53.7 Å². The van der Waals surface area contributed by atoms with Crippen LogP contribution in [0.25, 0.3) is 16.9 Å². The van der Waals surface area contributed by atoms with E-state index in [0.29, 0.717) is 0 Å². The minimum atomic E-state index is 0.0335. The van der Waals surface area contributed by atoms with Crippen molar-refractivity contribution in [3.63, 3.8) is 0 Å². The number of nitrogens with zero attached hydrogens (tertiary/aromatic N) is 2. The van der Waals surface area contributed by atoms with Crippen LogP contribution in [0, 0.1) is 19.8 Å².